The second-order valence-electron chi connectivity index (χ2n) is 6.14. The maximum Gasteiger partial charge on any atom is 0.134 e. The summed E-state index contributed by atoms with van der Waals surface area (Å²) in [5.41, 5.74) is 1.88. The number of aromatic nitrogens is 1. The number of benzene rings is 1. The molecule has 1 saturated heterocycles. The Hall–Kier alpha value is -1.71. The number of pyridine rings is 1. The molecule has 0 amide bonds. The number of aliphatic hydroxyl groups excluding tert-OH is 1. The average molecular weight is 296 g/mol. The first kappa shape index (κ1) is 15.2. The Labute approximate surface area is 132 Å². The topological polar surface area (TPSA) is 36.4 Å². The molecule has 116 valence electrons. The molecule has 0 aliphatic carbocycles. The molecular weight excluding hydrogens is 272 g/mol. The molecule has 2 aromatic rings. The molecule has 1 aromatic heterocycles. The number of nitrogens with zero attached hydrogens (tertiary/aromatic N) is 2. The summed E-state index contributed by atoms with van der Waals surface area (Å²) in [5.74, 6) is 1.15. The second kappa shape index (κ2) is 6.59. The number of rotatable bonds is 4. The van der Waals surface area contributed by atoms with Gasteiger partial charge in [-0.2, -0.15) is 0 Å². The van der Waals surface area contributed by atoms with E-state index >= 15 is 0 Å². The monoisotopic (exact) mass is 296 g/mol. The number of likely N-dealkylation sites (tertiary alicyclic amines) is 1. The van der Waals surface area contributed by atoms with Crippen molar-refractivity contribution in [3.05, 3.63) is 54.7 Å². The SMILES string of the molecule is C=CC1CN(C(O)c2ccnc3ccccc23)CCC1CC. The van der Waals surface area contributed by atoms with Gasteiger partial charge in [-0.1, -0.05) is 37.6 Å². The van der Waals surface area contributed by atoms with Crippen molar-refractivity contribution in [2.45, 2.75) is 26.0 Å². The summed E-state index contributed by atoms with van der Waals surface area (Å²) in [4.78, 5) is 6.55. The lowest BCUT2D eigenvalue weighted by Crippen LogP contribution is -2.41. The minimum Gasteiger partial charge on any atom is -0.374 e. The van der Waals surface area contributed by atoms with Crippen LogP contribution >= 0.6 is 0 Å². The smallest absolute Gasteiger partial charge is 0.134 e. The molecule has 3 rings (SSSR count). The van der Waals surface area contributed by atoms with E-state index in [1.807, 2.05) is 30.3 Å². The van der Waals surface area contributed by atoms with Gasteiger partial charge in [-0.3, -0.25) is 9.88 Å². The van der Waals surface area contributed by atoms with E-state index in [1.54, 1.807) is 6.20 Å². The van der Waals surface area contributed by atoms with Crippen molar-refractivity contribution in [3.63, 3.8) is 0 Å². The molecule has 1 aromatic carbocycles. The highest BCUT2D eigenvalue weighted by molar-refractivity contribution is 5.82. The number of hydrogen-bond donors (Lipinski definition) is 1. The number of aliphatic hydroxyl groups is 1. The van der Waals surface area contributed by atoms with Crippen molar-refractivity contribution in [2.75, 3.05) is 13.1 Å². The van der Waals surface area contributed by atoms with Gasteiger partial charge in [0.1, 0.15) is 6.23 Å². The van der Waals surface area contributed by atoms with Gasteiger partial charge in [-0.25, -0.2) is 0 Å². The second-order valence-corrected chi connectivity index (χ2v) is 6.14. The summed E-state index contributed by atoms with van der Waals surface area (Å²) in [7, 11) is 0. The van der Waals surface area contributed by atoms with E-state index in [0.29, 0.717) is 11.8 Å². The van der Waals surface area contributed by atoms with Crippen LogP contribution in [0, 0.1) is 11.8 Å². The zero-order valence-electron chi connectivity index (χ0n) is 13.2. The molecule has 1 aliphatic rings. The van der Waals surface area contributed by atoms with Crippen molar-refractivity contribution in [1.29, 1.82) is 0 Å². The molecule has 0 radical (unpaired) electrons. The molecule has 0 saturated carbocycles. The summed E-state index contributed by atoms with van der Waals surface area (Å²) in [6, 6.07) is 9.93. The lowest BCUT2D eigenvalue weighted by molar-refractivity contribution is -0.0301. The zero-order valence-corrected chi connectivity index (χ0v) is 13.2. The zero-order chi connectivity index (χ0) is 15.5. The normalized spacial score (nSPS) is 24.3. The Kier molecular flexibility index (Phi) is 4.55. The Balaban J connectivity index is 1.87. The Morgan fingerprint density at radius 2 is 2.23 bits per heavy atom. The van der Waals surface area contributed by atoms with E-state index in [4.69, 9.17) is 0 Å². The van der Waals surface area contributed by atoms with Crippen LogP contribution in [-0.4, -0.2) is 28.1 Å². The number of fused-ring (bicyclic) bond motifs is 1. The molecule has 1 fully saturated rings. The van der Waals surface area contributed by atoms with Crippen LogP contribution in [0.4, 0.5) is 0 Å². The van der Waals surface area contributed by atoms with Crippen LogP contribution in [0.25, 0.3) is 10.9 Å². The van der Waals surface area contributed by atoms with Gasteiger partial charge in [0.2, 0.25) is 0 Å². The molecule has 2 heterocycles. The standard InChI is InChI=1S/C19H24N2O/c1-3-14-10-12-21(13-15(14)4-2)19(22)17-9-11-20-18-8-6-5-7-16(17)18/h4-9,11,14-15,19,22H,2-3,10,12-13H2,1H3. The fourth-order valence-electron chi connectivity index (χ4n) is 3.59. The Morgan fingerprint density at radius 1 is 1.41 bits per heavy atom. The summed E-state index contributed by atoms with van der Waals surface area (Å²) < 4.78 is 0. The Morgan fingerprint density at radius 3 is 3.00 bits per heavy atom. The van der Waals surface area contributed by atoms with Gasteiger partial charge in [0.25, 0.3) is 0 Å². The molecule has 22 heavy (non-hydrogen) atoms. The van der Waals surface area contributed by atoms with Gasteiger partial charge in [-0.05, 0) is 30.4 Å². The highest BCUT2D eigenvalue weighted by Gasteiger charge is 2.30. The van der Waals surface area contributed by atoms with Crippen LogP contribution in [0.5, 0.6) is 0 Å². The van der Waals surface area contributed by atoms with Crippen LogP contribution in [0.3, 0.4) is 0 Å². The summed E-state index contributed by atoms with van der Waals surface area (Å²) in [6.45, 7) is 8.03. The lowest BCUT2D eigenvalue weighted by atomic mass is 9.83. The maximum absolute atomic E-state index is 10.9. The molecule has 0 bridgehead atoms. The molecule has 1 N–H and O–H groups in total. The van der Waals surface area contributed by atoms with E-state index < -0.39 is 6.23 Å². The molecular formula is C19H24N2O. The first-order valence-corrected chi connectivity index (χ1v) is 8.13. The van der Waals surface area contributed by atoms with Crippen LogP contribution < -0.4 is 0 Å². The van der Waals surface area contributed by atoms with Gasteiger partial charge < -0.3 is 5.11 Å². The largest absolute Gasteiger partial charge is 0.374 e. The first-order chi connectivity index (χ1) is 10.7. The Bertz CT molecular complexity index is 649. The molecule has 3 nitrogen and oxygen atoms in total. The van der Waals surface area contributed by atoms with Gasteiger partial charge in [0.15, 0.2) is 0 Å². The van der Waals surface area contributed by atoms with E-state index in [9.17, 15) is 5.11 Å². The number of para-hydroxylation sites is 1. The fourth-order valence-corrected chi connectivity index (χ4v) is 3.59. The number of piperidine rings is 1. The van der Waals surface area contributed by atoms with Crippen LogP contribution in [0.1, 0.15) is 31.6 Å². The van der Waals surface area contributed by atoms with E-state index in [0.717, 1.165) is 36.0 Å². The molecule has 3 unspecified atom stereocenters. The maximum atomic E-state index is 10.9. The third-order valence-electron chi connectivity index (χ3n) is 4.97. The molecule has 0 spiro atoms. The van der Waals surface area contributed by atoms with Gasteiger partial charge in [-0.15, -0.1) is 6.58 Å². The summed E-state index contributed by atoms with van der Waals surface area (Å²) >= 11 is 0. The minimum atomic E-state index is -0.576. The predicted octanol–water partition coefficient (Wildman–Crippen LogP) is 3.76. The summed E-state index contributed by atoms with van der Waals surface area (Å²) in [6.07, 6.45) is 5.56. The van der Waals surface area contributed by atoms with E-state index in [-0.39, 0.29) is 0 Å². The van der Waals surface area contributed by atoms with Crippen LogP contribution in [0.15, 0.2) is 49.2 Å². The first-order valence-electron chi connectivity index (χ1n) is 8.13. The van der Waals surface area contributed by atoms with Gasteiger partial charge in [0, 0.05) is 30.2 Å². The quantitative estimate of drug-likeness (QED) is 0.873. The fraction of sp³-hybridized carbons (Fsp3) is 0.421. The van der Waals surface area contributed by atoms with Crippen molar-refractivity contribution in [3.8, 4) is 0 Å². The highest BCUT2D eigenvalue weighted by Crippen LogP contribution is 2.33. The third-order valence-corrected chi connectivity index (χ3v) is 4.97. The van der Waals surface area contributed by atoms with Crippen molar-refractivity contribution in [1.82, 2.24) is 9.88 Å². The van der Waals surface area contributed by atoms with Crippen molar-refractivity contribution < 1.29 is 5.11 Å². The van der Waals surface area contributed by atoms with Crippen molar-refractivity contribution in [2.24, 2.45) is 11.8 Å². The molecule has 3 atom stereocenters. The lowest BCUT2D eigenvalue weighted by Gasteiger charge is -2.39. The molecule has 3 heteroatoms. The van der Waals surface area contributed by atoms with Gasteiger partial charge >= 0.3 is 0 Å². The summed E-state index contributed by atoms with van der Waals surface area (Å²) in [5, 5.41) is 11.9. The van der Waals surface area contributed by atoms with E-state index in [2.05, 4.69) is 29.5 Å². The number of hydrogen-bond acceptors (Lipinski definition) is 3. The predicted molar refractivity (Wildman–Crippen MR) is 90.4 cm³/mol. The van der Waals surface area contributed by atoms with Crippen LogP contribution in [-0.2, 0) is 0 Å². The van der Waals surface area contributed by atoms with Gasteiger partial charge in [0.05, 0.1) is 5.52 Å². The highest BCUT2D eigenvalue weighted by atomic mass is 16.3. The minimum absolute atomic E-state index is 0.460. The third kappa shape index (κ3) is 2.79. The average Bonchev–Trinajstić information content (AvgIpc) is 2.60. The van der Waals surface area contributed by atoms with E-state index in [1.165, 1.54) is 6.42 Å². The van der Waals surface area contributed by atoms with Crippen molar-refractivity contribution >= 4 is 10.9 Å². The molecule has 1 aliphatic heterocycles. The van der Waals surface area contributed by atoms with Crippen LogP contribution in [0.2, 0.25) is 0 Å².